The van der Waals surface area contributed by atoms with Crippen LogP contribution in [0.3, 0.4) is 0 Å². The second-order valence-corrected chi connectivity index (χ2v) is 7.42. The molecule has 1 aliphatic heterocycles. The fourth-order valence-electron chi connectivity index (χ4n) is 2.93. The predicted molar refractivity (Wildman–Crippen MR) is 79.0 cm³/mol. The van der Waals surface area contributed by atoms with Crippen molar-refractivity contribution >= 4 is 15.7 Å². The van der Waals surface area contributed by atoms with Crippen molar-refractivity contribution in [1.29, 1.82) is 0 Å². The van der Waals surface area contributed by atoms with Crippen molar-refractivity contribution in [3.05, 3.63) is 29.8 Å². The van der Waals surface area contributed by atoms with Crippen LogP contribution < -0.4 is 4.90 Å². The summed E-state index contributed by atoms with van der Waals surface area (Å²) in [5.41, 5.74) is 2.40. The molecule has 0 aromatic heterocycles. The maximum Gasteiger partial charge on any atom is 0.211 e. The molecule has 0 spiro atoms. The van der Waals surface area contributed by atoms with Gasteiger partial charge in [0, 0.05) is 30.9 Å². The first-order valence-corrected chi connectivity index (χ1v) is 8.44. The maximum absolute atomic E-state index is 11.8. The van der Waals surface area contributed by atoms with E-state index in [1.165, 1.54) is 11.8 Å². The molecule has 106 valence electrons. The summed E-state index contributed by atoms with van der Waals surface area (Å²) in [5, 5.41) is 0. The molecular formula is C14H22N2O2S. The second kappa shape index (κ2) is 5.13. The molecule has 1 aromatic carbocycles. The first-order valence-electron chi connectivity index (χ1n) is 6.59. The Kier molecular flexibility index (Phi) is 3.87. The number of benzene rings is 1. The van der Waals surface area contributed by atoms with Gasteiger partial charge in [0.05, 0.1) is 6.26 Å². The Labute approximate surface area is 116 Å². The molecule has 5 heteroatoms. The van der Waals surface area contributed by atoms with Gasteiger partial charge in [-0.2, -0.15) is 4.31 Å². The summed E-state index contributed by atoms with van der Waals surface area (Å²) >= 11 is 0. The van der Waals surface area contributed by atoms with Crippen LogP contribution in [0.2, 0.25) is 0 Å². The molecule has 1 aromatic rings. The number of sulfonamides is 1. The van der Waals surface area contributed by atoms with Gasteiger partial charge in [-0.15, -0.1) is 0 Å². The first-order chi connectivity index (χ1) is 8.79. The van der Waals surface area contributed by atoms with Gasteiger partial charge in [0.25, 0.3) is 0 Å². The van der Waals surface area contributed by atoms with Gasteiger partial charge in [-0.25, -0.2) is 8.42 Å². The molecule has 2 atom stereocenters. The third-order valence-corrected chi connectivity index (χ3v) is 5.11. The van der Waals surface area contributed by atoms with Gasteiger partial charge in [-0.1, -0.05) is 17.7 Å². The Bertz CT molecular complexity index is 527. The van der Waals surface area contributed by atoms with Crippen LogP contribution in [0, 0.1) is 6.92 Å². The number of aryl methyl sites for hydroxylation is 1. The van der Waals surface area contributed by atoms with E-state index in [9.17, 15) is 8.42 Å². The summed E-state index contributed by atoms with van der Waals surface area (Å²) in [4.78, 5) is 2.26. The van der Waals surface area contributed by atoms with E-state index in [0.717, 1.165) is 18.8 Å². The number of hydrogen-bond donors (Lipinski definition) is 0. The highest BCUT2D eigenvalue weighted by atomic mass is 32.2. The van der Waals surface area contributed by atoms with E-state index in [0.29, 0.717) is 0 Å². The standard InChI is InChI=1S/C14H22N2O2S/c1-11-5-7-14(8-6-11)15-9-12(2)16(13(3)10-15)19(4,17)18/h5-8,12-13H,9-10H2,1-4H3. The zero-order valence-electron chi connectivity index (χ0n) is 12.0. The first kappa shape index (κ1) is 14.3. The van der Waals surface area contributed by atoms with E-state index in [-0.39, 0.29) is 12.1 Å². The molecule has 0 saturated carbocycles. The largest absolute Gasteiger partial charge is 0.368 e. The smallest absolute Gasteiger partial charge is 0.211 e. The van der Waals surface area contributed by atoms with Crippen LogP contribution >= 0.6 is 0 Å². The highest BCUT2D eigenvalue weighted by Crippen LogP contribution is 2.24. The van der Waals surface area contributed by atoms with Crippen molar-refractivity contribution < 1.29 is 8.42 Å². The van der Waals surface area contributed by atoms with Crippen molar-refractivity contribution in [3.63, 3.8) is 0 Å². The molecule has 1 aliphatic rings. The van der Waals surface area contributed by atoms with Crippen LogP contribution in [0.5, 0.6) is 0 Å². The lowest BCUT2D eigenvalue weighted by Gasteiger charge is -2.43. The number of rotatable bonds is 2. The lowest BCUT2D eigenvalue weighted by Crippen LogP contribution is -2.58. The van der Waals surface area contributed by atoms with Gasteiger partial charge >= 0.3 is 0 Å². The van der Waals surface area contributed by atoms with Crippen molar-refractivity contribution in [2.75, 3.05) is 24.2 Å². The molecule has 19 heavy (non-hydrogen) atoms. The molecule has 0 bridgehead atoms. The molecule has 0 amide bonds. The lowest BCUT2D eigenvalue weighted by molar-refractivity contribution is 0.243. The molecule has 2 rings (SSSR count). The van der Waals surface area contributed by atoms with E-state index >= 15 is 0 Å². The van der Waals surface area contributed by atoms with Crippen LogP contribution in [0.1, 0.15) is 19.4 Å². The maximum atomic E-state index is 11.8. The van der Waals surface area contributed by atoms with Gasteiger partial charge in [0.1, 0.15) is 0 Å². The van der Waals surface area contributed by atoms with E-state index in [1.807, 2.05) is 13.8 Å². The van der Waals surface area contributed by atoms with Crippen LogP contribution in [0.15, 0.2) is 24.3 Å². The molecule has 2 unspecified atom stereocenters. The van der Waals surface area contributed by atoms with E-state index in [2.05, 4.69) is 36.1 Å². The minimum absolute atomic E-state index is 0.0000491. The fourth-order valence-corrected chi connectivity index (χ4v) is 4.37. The summed E-state index contributed by atoms with van der Waals surface area (Å²) in [7, 11) is -3.13. The Morgan fingerprint density at radius 2 is 1.53 bits per heavy atom. The summed E-state index contributed by atoms with van der Waals surface area (Å²) < 4.78 is 25.2. The quantitative estimate of drug-likeness (QED) is 0.831. The topological polar surface area (TPSA) is 40.6 Å². The van der Waals surface area contributed by atoms with Crippen LogP contribution in [-0.4, -0.2) is 44.2 Å². The zero-order valence-corrected chi connectivity index (χ0v) is 12.8. The SMILES string of the molecule is Cc1ccc(N2CC(C)N(S(C)(=O)=O)C(C)C2)cc1. The molecule has 0 radical (unpaired) electrons. The summed E-state index contributed by atoms with van der Waals surface area (Å²) in [6.07, 6.45) is 1.29. The lowest BCUT2D eigenvalue weighted by atomic mass is 10.1. The number of anilines is 1. The normalized spacial score (nSPS) is 25.6. The van der Waals surface area contributed by atoms with Gasteiger partial charge in [-0.3, -0.25) is 0 Å². The van der Waals surface area contributed by atoms with E-state index < -0.39 is 10.0 Å². The van der Waals surface area contributed by atoms with Gasteiger partial charge < -0.3 is 4.90 Å². The average Bonchev–Trinajstić information content (AvgIpc) is 2.26. The molecular weight excluding hydrogens is 260 g/mol. The Balaban J connectivity index is 2.20. The Morgan fingerprint density at radius 1 is 1.05 bits per heavy atom. The predicted octanol–water partition coefficient (Wildman–Crippen LogP) is 1.85. The molecule has 1 heterocycles. The third-order valence-electron chi connectivity index (χ3n) is 3.62. The molecule has 1 saturated heterocycles. The molecule has 1 fully saturated rings. The highest BCUT2D eigenvalue weighted by molar-refractivity contribution is 7.88. The molecule has 4 nitrogen and oxygen atoms in total. The van der Waals surface area contributed by atoms with E-state index in [4.69, 9.17) is 0 Å². The van der Waals surface area contributed by atoms with Crippen molar-refractivity contribution in [3.8, 4) is 0 Å². The molecule has 0 aliphatic carbocycles. The van der Waals surface area contributed by atoms with Gasteiger partial charge in [-0.05, 0) is 32.9 Å². The highest BCUT2D eigenvalue weighted by Gasteiger charge is 2.35. The van der Waals surface area contributed by atoms with Crippen molar-refractivity contribution in [2.45, 2.75) is 32.9 Å². The van der Waals surface area contributed by atoms with Gasteiger partial charge in [0.2, 0.25) is 10.0 Å². The van der Waals surface area contributed by atoms with Crippen LogP contribution in [0.4, 0.5) is 5.69 Å². The van der Waals surface area contributed by atoms with Crippen LogP contribution in [0.25, 0.3) is 0 Å². The fraction of sp³-hybridized carbons (Fsp3) is 0.571. The monoisotopic (exact) mass is 282 g/mol. The summed E-state index contributed by atoms with van der Waals surface area (Å²) in [5.74, 6) is 0. The average molecular weight is 282 g/mol. The molecule has 0 N–H and O–H groups in total. The Hall–Kier alpha value is -1.07. The third kappa shape index (κ3) is 3.09. The van der Waals surface area contributed by atoms with Crippen molar-refractivity contribution in [1.82, 2.24) is 4.31 Å². The van der Waals surface area contributed by atoms with Gasteiger partial charge in [0.15, 0.2) is 0 Å². The second-order valence-electron chi connectivity index (χ2n) is 5.53. The summed E-state index contributed by atoms with van der Waals surface area (Å²) in [6, 6.07) is 8.39. The number of hydrogen-bond acceptors (Lipinski definition) is 3. The zero-order chi connectivity index (χ0) is 14.2. The minimum Gasteiger partial charge on any atom is -0.368 e. The van der Waals surface area contributed by atoms with E-state index in [1.54, 1.807) is 4.31 Å². The number of piperazine rings is 1. The van der Waals surface area contributed by atoms with Crippen LogP contribution in [-0.2, 0) is 10.0 Å². The van der Waals surface area contributed by atoms with Crippen molar-refractivity contribution in [2.24, 2.45) is 0 Å². The summed E-state index contributed by atoms with van der Waals surface area (Å²) in [6.45, 7) is 7.48. The Morgan fingerprint density at radius 3 is 1.95 bits per heavy atom. The minimum atomic E-state index is -3.13. The number of nitrogens with zero attached hydrogens (tertiary/aromatic N) is 2.